The van der Waals surface area contributed by atoms with Gasteiger partial charge in [-0.15, -0.1) is 0 Å². The quantitative estimate of drug-likeness (QED) is 0.845. The normalized spacial score (nSPS) is 12.8. The summed E-state index contributed by atoms with van der Waals surface area (Å²) in [5, 5.41) is 16.0. The summed E-state index contributed by atoms with van der Waals surface area (Å²) in [4.78, 5) is 16.3. The van der Waals surface area contributed by atoms with Crippen molar-refractivity contribution in [1.82, 2.24) is 5.16 Å². The molecule has 124 valence electrons. The van der Waals surface area contributed by atoms with Crippen LogP contribution in [0.1, 0.15) is 26.5 Å². The molecule has 0 saturated carbocycles. The summed E-state index contributed by atoms with van der Waals surface area (Å²) < 4.78 is 5.19. The summed E-state index contributed by atoms with van der Waals surface area (Å²) in [6.45, 7) is 5.90. The van der Waals surface area contributed by atoms with E-state index in [0.29, 0.717) is 16.5 Å². The van der Waals surface area contributed by atoms with E-state index >= 15 is 0 Å². The summed E-state index contributed by atoms with van der Waals surface area (Å²) in [5.41, 5.74) is 0.338. The number of halogens is 1. The second-order valence-electron chi connectivity index (χ2n) is 6.18. The van der Waals surface area contributed by atoms with Crippen LogP contribution in [-0.4, -0.2) is 17.3 Å². The van der Waals surface area contributed by atoms with E-state index in [1.54, 1.807) is 30.3 Å². The molecule has 0 fully saturated rings. The van der Waals surface area contributed by atoms with Gasteiger partial charge in [0.15, 0.2) is 11.7 Å². The predicted molar refractivity (Wildman–Crippen MR) is 92.5 cm³/mol. The molecule has 0 saturated heterocycles. The van der Waals surface area contributed by atoms with Crippen LogP contribution in [0.15, 0.2) is 39.8 Å². The number of amides is 1. The van der Waals surface area contributed by atoms with Crippen molar-refractivity contribution < 1.29 is 9.32 Å². The van der Waals surface area contributed by atoms with Crippen molar-refractivity contribution in [2.75, 3.05) is 5.32 Å². The lowest BCUT2D eigenvalue weighted by molar-refractivity contribution is -0.116. The SMILES string of the molecule is CC(C)(C)c1cc(NC(=O)C(C#N)C=Nc2cccc(Cl)c2)no1. The first kappa shape index (κ1) is 17.7. The third kappa shape index (κ3) is 4.67. The van der Waals surface area contributed by atoms with E-state index in [-0.39, 0.29) is 11.2 Å². The van der Waals surface area contributed by atoms with Crippen molar-refractivity contribution in [3.05, 3.63) is 41.1 Å². The maximum Gasteiger partial charge on any atom is 0.248 e. The second kappa shape index (κ2) is 7.28. The van der Waals surface area contributed by atoms with Gasteiger partial charge in [0.05, 0.1) is 11.8 Å². The smallest absolute Gasteiger partial charge is 0.248 e. The molecule has 1 unspecified atom stereocenters. The van der Waals surface area contributed by atoms with Crippen molar-refractivity contribution in [1.29, 1.82) is 5.26 Å². The van der Waals surface area contributed by atoms with Gasteiger partial charge in [0.25, 0.3) is 0 Å². The van der Waals surface area contributed by atoms with Gasteiger partial charge in [0.2, 0.25) is 5.91 Å². The Hall–Kier alpha value is -2.65. The number of aliphatic imine (C=N–C) groups is 1. The predicted octanol–water partition coefficient (Wildman–Crippen LogP) is 4.11. The fraction of sp³-hybridized carbons (Fsp3) is 0.294. The maximum absolute atomic E-state index is 12.2. The molecule has 0 radical (unpaired) electrons. The van der Waals surface area contributed by atoms with Gasteiger partial charge in [-0.05, 0) is 18.2 Å². The van der Waals surface area contributed by atoms with Gasteiger partial charge >= 0.3 is 0 Å². The second-order valence-corrected chi connectivity index (χ2v) is 6.62. The minimum atomic E-state index is -1.06. The van der Waals surface area contributed by atoms with Crippen LogP contribution in [0.2, 0.25) is 5.02 Å². The zero-order chi connectivity index (χ0) is 17.7. The van der Waals surface area contributed by atoms with Gasteiger partial charge in [0, 0.05) is 22.7 Å². The Balaban J connectivity index is 2.07. The molecule has 2 rings (SSSR count). The number of aromatic nitrogens is 1. The molecule has 1 aromatic carbocycles. The van der Waals surface area contributed by atoms with Gasteiger partial charge in [-0.2, -0.15) is 5.26 Å². The number of nitriles is 1. The number of anilines is 1. The Morgan fingerprint density at radius 3 is 2.79 bits per heavy atom. The van der Waals surface area contributed by atoms with E-state index in [0.717, 1.165) is 0 Å². The van der Waals surface area contributed by atoms with Gasteiger partial charge in [-0.25, -0.2) is 0 Å². The highest BCUT2D eigenvalue weighted by Crippen LogP contribution is 2.24. The molecule has 1 N–H and O–H groups in total. The van der Waals surface area contributed by atoms with Crippen LogP contribution in [0.5, 0.6) is 0 Å². The molecule has 2 aromatic rings. The first-order valence-corrected chi connectivity index (χ1v) is 7.65. The first-order chi connectivity index (χ1) is 11.3. The molecule has 0 bridgehead atoms. The lowest BCUT2D eigenvalue weighted by Gasteiger charge is -2.12. The number of hydrogen-bond acceptors (Lipinski definition) is 5. The first-order valence-electron chi connectivity index (χ1n) is 7.27. The van der Waals surface area contributed by atoms with Gasteiger partial charge in [-0.3, -0.25) is 9.79 Å². The van der Waals surface area contributed by atoms with Gasteiger partial charge < -0.3 is 9.84 Å². The van der Waals surface area contributed by atoms with Crippen LogP contribution in [0.25, 0.3) is 0 Å². The van der Waals surface area contributed by atoms with Crippen LogP contribution >= 0.6 is 11.6 Å². The molecular weight excluding hydrogens is 328 g/mol. The standard InChI is InChI=1S/C17H17ClN4O2/c1-17(2,3)14-8-15(22-24-14)21-16(23)11(9-19)10-20-13-6-4-5-12(18)7-13/h4-8,10-11H,1-3H3,(H,21,22,23). The van der Waals surface area contributed by atoms with Crippen LogP contribution < -0.4 is 5.32 Å². The van der Waals surface area contributed by atoms with Crippen molar-refractivity contribution >= 4 is 35.2 Å². The number of rotatable bonds is 4. The van der Waals surface area contributed by atoms with Gasteiger partial charge in [0.1, 0.15) is 5.76 Å². The molecule has 1 atom stereocenters. The lowest BCUT2D eigenvalue weighted by atomic mass is 9.93. The topological polar surface area (TPSA) is 91.3 Å². The minimum absolute atomic E-state index is 0.224. The number of nitrogens with one attached hydrogen (secondary N) is 1. The number of benzene rings is 1. The van der Waals surface area contributed by atoms with E-state index in [4.69, 9.17) is 21.4 Å². The van der Waals surface area contributed by atoms with Crippen molar-refractivity contribution in [2.45, 2.75) is 26.2 Å². The van der Waals surface area contributed by atoms with Crippen molar-refractivity contribution in [2.24, 2.45) is 10.9 Å². The highest BCUT2D eigenvalue weighted by atomic mass is 35.5. The van der Waals surface area contributed by atoms with E-state index < -0.39 is 11.8 Å². The molecule has 6 nitrogen and oxygen atoms in total. The molecule has 0 spiro atoms. The van der Waals surface area contributed by atoms with Crippen LogP contribution in [-0.2, 0) is 10.2 Å². The summed E-state index contributed by atoms with van der Waals surface area (Å²) in [7, 11) is 0. The maximum atomic E-state index is 12.2. The highest BCUT2D eigenvalue weighted by molar-refractivity contribution is 6.30. The summed E-state index contributed by atoms with van der Waals surface area (Å²) >= 11 is 5.87. The van der Waals surface area contributed by atoms with E-state index in [1.165, 1.54) is 6.21 Å². The van der Waals surface area contributed by atoms with Crippen LogP contribution in [0, 0.1) is 17.2 Å². The highest BCUT2D eigenvalue weighted by Gasteiger charge is 2.22. The zero-order valence-corrected chi connectivity index (χ0v) is 14.3. The summed E-state index contributed by atoms with van der Waals surface area (Å²) in [6.07, 6.45) is 1.27. The fourth-order valence-electron chi connectivity index (χ4n) is 1.77. The molecule has 7 heteroatoms. The average Bonchev–Trinajstić information content (AvgIpc) is 2.96. The molecular formula is C17H17ClN4O2. The van der Waals surface area contributed by atoms with E-state index in [9.17, 15) is 4.79 Å². The molecule has 0 aliphatic heterocycles. The third-order valence-electron chi connectivity index (χ3n) is 3.10. The minimum Gasteiger partial charge on any atom is -0.359 e. The number of hydrogen-bond donors (Lipinski definition) is 1. The molecule has 1 aromatic heterocycles. The lowest BCUT2D eigenvalue weighted by Crippen LogP contribution is -2.22. The Morgan fingerprint density at radius 1 is 1.46 bits per heavy atom. The van der Waals surface area contributed by atoms with Crippen LogP contribution in [0.3, 0.4) is 0 Å². The average molecular weight is 345 g/mol. The molecule has 1 amide bonds. The van der Waals surface area contributed by atoms with E-state index in [1.807, 2.05) is 26.8 Å². The fourth-order valence-corrected chi connectivity index (χ4v) is 1.95. The largest absolute Gasteiger partial charge is 0.359 e. The zero-order valence-electron chi connectivity index (χ0n) is 13.6. The summed E-state index contributed by atoms with van der Waals surface area (Å²) in [6, 6.07) is 10.3. The number of nitrogens with zero attached hydrogens (tertiary/aromatic N) is 3. The van der Waals surface area contributed by atoms with E-state index in [2.05, 4.69) is 15.5 Å². The van der Waals surface area contributed by atoms with Crippen molar-refractivity contribution in [3.63, 3.8) is 0 Å². The number of carbonyl (C=O) groups excluding carboxylic acids is 1. The Kier molecular flexibility index (Phi) is 5.37. The van der Waals surface area contributed by atoms with Crippen LogP contribution in [0.4, 0.5) is 11.5 Å². The number of carbonyl (C=O) groups is 1. The van der Waals surface area contributed by atoms with Gasteiger partial charge in [-0.1, -0.05) is 43.6 Å². The van der Waals surface area contributed by atoms with Crippen molar-refractivity contribution in [3.8, 4) is 6.07 Å². The molecule has 0 aliphatic rings. The molecule has 1 heterocycles. The Morgan fingerprint density at radius 2 is 2.21 bits per heavy atom. The third-order valence-corrected chi connectivity index (χ3v) is 3.34. The molecule has 0 aliphatic carbocycles. The summed E-state index contributed by atoms with van der Waals surface area (Å²) in [5.74, 6) is -0.684. The Bertz CT molecular complexity index is 799. The molecule has 24 heavy (non-hydrogen) atoms. The Labute approximate surface area is 145 Å². The monoisotopic (exact) mass is 344 g/mol.